The lowest BCUT2D eigenvalue weighted by Gasteiger charge is -2.09. The van der Waals surface area contributed by atoms with Crippen LogP contribution in [0.1, 0.15) is 11.1 Å². The van der Waals surface area contributed by atoms with Crippen LogP contribution in [0.15, 0.2) is 23.1 Å². The van der Waals surface area contributed by atoms with Gasteiger partial charge in [0.05, 0.1) is 16.5 Å². The number of sulfonamides is 1. The van der Waals surface area contributed by atoms with Crippen molar-refractivity contribution >= 4 is 22.4 Å². The fourth-order valence-corrected chi connectivity index (χ4v) is 2.65. The molecule has 0 aliphatic heterocycles. The fourth-order valence-electron chi connectivity index (χ4n) is 1.35. The first kappa shape index (κ1) is 16.9. The summed E-state index contributed by atoms with van der Waals surface area (Å²) >= 11 is 0. The number of benzene rings is 1. The van der Waals surface area contributed by atoms with Gasteiger partial charge in [-0.1, -0.05) is 6.07 Å². The fraction of sp³-hybridized carbons (Fsp3) is 0.364. The number of rotatable bonds is 5. The summed E-state index contributed by atoms with van der Waals surface area (Å²) in [5, 5.41) is 11.6. The summed E-state index contributed by atoms with van der Waals surface area (Å²) in [6.45, 7) is 2.57. The Morgan fingerprint density at radius 3 is 2.56 bits per heavy atom. The Bertz CT molecular complexity index is 538. The predicted octanol–water partition coefficient (Wildman–Crippen LogP) is 0.786. The minimum atomic E-state index is -3.54. The van der Waals surface area contributed by atoms with Gasteiger partial charge in [0.2, 0.25) is 10.0 Å². The molecule has 18 heavy (non-hydrogen) atoms. The molecule has 2 N–H and O–H groups in total. The maximum absolute atomic E-state index is 11.9. The van der Waals surface area contributed by atoms with E-state index in [1.165, 1.54) is 6.07 Å². The number of nitrogens with zero attached hydrogens (tertiary/aromatic N) is 1. The summed E-state index contributed by atoms with van der Waals surface area (Å²) < 4.78 is 26.4. The van der Waals surface area contributed by atoms with E-state index in [9.17, 15) is 8.42 Å². The van der Waals surface area contributed by atoms with Gasteiger partial charge in [-0.25, -0.2) is 13.1 Å². The van der Waals surface area contributed by atoms with Crippen molar-refractivity contribution in [3.63, 3.8) is 0 Å². The zero-order chi connectivity index (χ0) is 12.9. The molecular formula is C11H16ClN3O2S. The van der Waals surface area contributed by atoms with E-state index in [2.05, 4.69) is 10.0 Å². The molecule has 0 fully saturated rings. The monoisotopic (exact) mass is 289 g/mol. The van der Waals surface area contributed by atoms with Gasteiger partial charge in [0, 0.05) is 13.1 Å². The average Bonchev–Trinajstić information content (AvgIpc) is 2.29. The highest BCUT2D eigenvalue weighted by Crippen LogP contribution is 2.16. The molecule has 1 rings (SSSR count). The van der Waals surface area contributed by atoms with E-state index < -0.39 is 10.0 Å². The first-order valence-corrected chi connectivity index (χ1v) is 6.64. The second-order valence-corrected chi connectivity index (χ2v) is 5.33. The molecule has 0 bridgehead atoms. The second kappa shape index (κ2) is 7.34. The predicted molar refractivity (Wildman–Crippen MR) is 72.3 cm³/mol. The molecule has 1 aromatic rings. The van der Waals surface area contributed by atoms with Crippen molar-refractivity contribution in [1.29, 1.82) is 5.26 Å². The summed E-state index contributed by atoms with van der Waals surface area (Å²) in [5.41, 5.74) is 0.963. The van der Waals surface area contributed by atoms with E-state index >= 15 is 0 Å². The third-order valence-corrected chi connectivity index (χ3v) is 3.88. The minimum absolute atomic E-state index is 0. The van der Waals surface area contributed by atoms with E-state index in [4.69, 9.17) is 5.26 Å². The first-order chi connectivity index (χ1) is 8.01. The molecule has 0 heterocycles. The minimum Gasteiger partial charge on any atom is -0.318 e. The molecule has 0 radical (unpaired) electrons. The lowest BCUT2D eigenvalue weighted by Crippen LogP contribution is -2.30. The summed E-state index contributed by atoms with van der Waals surface area (Å²) in [6, 6.07) is 6.54. The van der Waals surface area contributed by atoms with Crippen LogP contribution >= 0.6 is 12.4 Å². The molecule has 5 nitrogen and oxygen atoms in total. The molecule has 0 spiro atoms. The van der Waals surface area contributed by atoms with Gasteiger partial charge in [0.25, 0.3) is 0 Å². The molecule has 7 heteroatoms. The van der Waals surface area contributed by atoms with Gasteiger partial charge in [0.1, 0.15) is 0 Å². The van der Waals surface area contributed by atoms with Crippen molar-refractivity contribution in [3.05, 3.63) is 29.3 Å². The summed E-state index contributed by atoms with van der Waals surface area (Å²) in [4.78, 5) is 0.160. The Labute approximate surface area is 114 Å². The summed E-state index contributed by atoms with van der Waals surface area (Å²) in [7, 11) is -1.79. The van der Waals surface area contributed by atoms with Gasteiger partial charge in [-0.05, 0) is 31.7 Å². The van der Waals surface area contributed by atoms with E-state index in [0.717, 1.165) is 0 Å². The number of aryl methyl sites for hydroxylation is 1. The maximum atomic E-state index is 11.9. The third kappa shape index (κ3) is 4.27. The molecule has 0 aliphatic rings. The standard InChI is InChI=1S/C11H15N3O2S.ClH/c1-9-3-4-10(8-12)7-11(9)17(15,16)14-6-5-13-2;/h3-4,7,13-14H,5-6H2,1-2H3;1H. The van der Waals surface area contributed by atoms with Crippen molar-refractivity contribution in [3.8, 4) is 6.07 Å². The number of likely N-dealkylation sites (N-methyl/N-ethyl adjacent to an activating group) is 1. The highest BCUT2D eigenvalue weighted by Gasteiger charge is 2.16. The topological polar surface area (TPSA) is 82.0 Å². The van der Waals surface area contributed by atoms with Crippen LogP contribution in [0.2, 0.25) is 0 Å². The smallest absolute Gasteiger partial charge is 0.240 e. The van der Waals surface area contributed by atoms with E-state index in [-0.39, 0.29) is 17.3 Å². The number of halogens is 1. The van der Waals surface area contributed by atoms with Crippen LogP contribution in [0.3, 0.4) is 0 Å². The van der Waals surface area contributed by atoms with Gasteiger partial charge in [-0.3, -0.25) is 0 Å². The van der Waals surface area contributed by atoms with Crippen LogP contribution in [-0.4, -0.2) is 28.6 Å². The Morgan fingerprint density at radius 1 is 1.33 bits per heavy atom. The first-order valence-electron chi connectivity index (χ1n) is 5.16. The van der Waals surface area contributed by atoms with Crippen LogP contribution in [-0.2, 0) is 10.0 Å². The van der Waals surface area contributed by atoms with E-state index in [1.807, 2.05) is 6.07 Å². The van der Waals surface area contributed by atoms with Gasteiger partial charge in [-0.15, -0.1) is 12.4 Å². The zero-order valence-corrected chi connectivity index (χ0v) is 11.9. The van der Waals surface area contributed by atoms with Crippen molar-refractivity contribution in [2.45, 2.75) is 11.8 Å². The van der Waals surface area contributed by atoms with Crippen LogP contribution < -0.4 is 10.0 Å². The quantitative estimate of drug-likeness (QED) is 0.785. The van der Waals surface area contributed by atoms with Crippen LogP contribution in [0.4, 0.5) is 0 Å². The molecule has 1 aromatic carbocycles. The van der Waals surface area contributed by atoms with Gasteiger partial charge in [-0.2, -0.15) is 5.26 Å². The number of nitriles is 1. The van der Waals surface area contributed by atoms with Crippen molar-refractivity contribution in [2.24, 2.45) is 0 Å². The summed E-state index contributed by atoms with van der Waals surface area (Å²) in [5.74, 6) is 0. The lowest BCUT2D eigenvalue weighted by molar-refractivity contribution is 0.579. The van der Waals surface area contributed by atoms with Gasteiger partial charge >= 0.3 is 0 Å². The summed E-state index contributed by atoms with van der Waals surface area (Å²) in [6.07, 6.45) is 0. The average molecular weight is 290 g/mol. The van der Waals surface area contributed by atoms with Crippen molar-refractivity contribution in [1.82, 2.24) is 10.0 Å². The van der Waals surface area contributed by atoms with Gasteiger partial charge < -0.3 is 5.32 Å². The molecule has 0 saturated heterocycles. The van der Waals surface area contributed by atoms with E-state index in [0.29, 0.717) is 24.2 Å². The molecule has 0 saturated carbocycles. The number of hydrogen-bond donors (Lipinski definition) is 2. The Kier molecular flexibility index (Phi) is 6.88. The largest absolute Gasteiger partial charge is 0.318 e. The van der Waals surface area contributed by atoms with Crippen molar-refractivity contribution < 1.29 is 8.42 Å². The molecule has 100 valence electrons. The zero-order valence-electron chi connectivity index (χ0n) is 10.2. The highest BCUT2D eigenvalue weighted by atomic mass is 35.5. The van der Waals surface area contributed by atoms with Gasteiger partial charge in [0.15, 0.2) is 0 Å². The molecule has 0 aromatic heterocycles. The van der Waals surface area contributed by atoms with Crippen LogP contribution in [0.25, 0.3) is 0 Å². The lowest BCUT2D eigenvalue weighted by atomic mass is 10.2. The molecule has 0 atom stereocenters. The highest BCUT2D eigenvalue weighted by molar-refractivity contribution is 7.89. The maximum Gasteiger partial charge on any atom is 0.240 e. The molecule has 0 amide bonds. The molecule has 0 unspecified atom stereocenters. The Balaban J connectivity index is 0.00000289. The SMILES string of the molecule is CNCCNS(=O)(=O)c1cc(C#N)ccc1C.Cl. The third-order valence-electron chi connectivity index (χ3n) is 2.27. The van der Waals surface area contributed by atoms with E-state index in [1.54, 1.807) is 26.1 Å². The molecule has 0 aliphatic carbocycles. The second-order valence-electron chi connectivity index (χ2n) is 3.59. The van der Waals surface area contributed by atoms with Crippen molar-refractivity contribution in [2.75, 3.05) is 20.1 Å². The Morgan fingerprint density at radius 2 is 2.00 bits per heavy atom. The number of hydrogen-bond acceptors (Lipinski definition) is 4. The molecular weight excluding hydrogens is 274 g/mol. The Hall–Kier alpha value is -1.13. The normalized spacial score (nSPS) is 10.5. The van der Waals surface area contributed by atoms with Crippen LogP contribution in [0.5, 0.6) is 0 Å². The van der Waals surface area contributed by atoms with Crippen LogP contribution in [0, 0.1) is 18.3 Å². The number of nitrogens with one attached hydrogen (secondary N) is 2.